The highest BCUT2D eigenvalue weighted by atomic mass is 19.4. The Balaban J connectivity index is 1.36. The Kier molecular flexibility index (Phi) is 7.13. The van der Waals surface area contributed by atoms with Crippen LogP contribution in [0, 0.1) is 5.92 Å². The van der Waals surface area contributed by atoms with E-state index in [1.54, 1.807) is 18.5 Å². The number of carbonyl (C=O) groups is 1. The van der Waals surface area contributed by atoms with Gasteiger partial charge in [0.15, 0.2) is 0 Å². The van der Waals surface area contributed by atoms with Gasteiger partial charge in [-0.05, 0) is 79.5 Å². The van der Waals surface area contributed by atoms with Crippen LogP contribution in [0.3, 0.4) is 0 Å². The molecule has 194 valence electrons. The average molecular weight is 518 g/mol. The standard InChI is InChI=1S/C30H26F3N3O2/c1-19(20-8-10-21(11-9-20)29(37)36-25-6-4-14-34-18-25)23-15-22-5-2-3-7-26(22)27(16-23)38-28-13-12-24(17-35-28)30(31,32)33/h2-7,12-18,21H,8-11H2,1H3,(H,36,37). The number of halogens is 3. The summed E-state index contributed by atoms with van der Waals surface area (Å²) < 4.78 is 44.8. The van der Waals surface area contributed by atoms with E-state index in [0.717, 1.165) is 59.9 Å². The van der Waals surface area contributed by atoms with Crippen LogP contribution in [0.4, 0.5) is 18.9 Å². The van der Waals surface area contributed by atoms with Gasteiger partial charge >= 0.3 is 6.18 Å². The predicted octanol–water partition coefficient (Wildman–Crippen LogP) is 8.04. The maximum atomic E-state index is 12.9. The maximum absolute atomic E-state index is 12.9. The van der Waals surface area contributed by atoms with E-state index < -0.39 is 11.7 Å². The summed E-state index contributed by atoms with van der Waals surface area (Å²) in [5.41, 5.74) is 3.24. The number of pyridine rings is 2. The van der Waals surface area contributed by atoms with Gasteiger partial charge in [0.05, 0.1) is 17.4 Å². The summed E-state index contributed by atoms with van der Waals surface area (Å²) in [7, 11) is 0. The molecule has 0 bridgehead atoms. The number of alkyl halides is 3. The molecule has 1 aliphatic carbocycles. The molecule has 8 heteroatoms. The molecule has 1 saturated carbocycles. The first-order valence-electron chi connectivity index (χ1n) is 12.4. The van der Waals surface area contributed by atoms with Crippen LogP contribution < -0.4 is 10.1 Å². The molecule has 0 radical (unpaired) electrons. The smallest absolute Gasteiger partial charge is 0.417 e. The van der Waals surface area contributed by atoms with Crippen molar-refractivity contribution in [1.82, 2.24) is 9.97 Å². The largest absolute Gasteiger partial charge is 0.438 e. The molecule has 1 N–H and O–H groups in total. The Morgan fingerprint density at radius 2 is 1.79 bits per heavy atom. The second-order valence-corrected chi connectivity index (χ2v) is 9.41. The summed E-state index contributed by atoms with van der Waals surface area (Å²) in [6.07, 6.45) is 2.74. The van der Waals surface area contributed by atoms with Crippen molar-refractivity contribution in [2.45, 2.75) is 38.8 Å². The predicted molar refractivity (Wildman–Crippen MR) is 141 cm³/mol. The van der Waals surface area contributed by atoms with E-state index in [2.05, 4.69) is 28.3 Å². The highest BCUT2D eigenvalue weighted by Gasteiger charge is 2.31. The Hall–Kier alpha value is -4.20. The van der Waals surface area contributed by atoms with Gasteiger partial charge in [-0.15, -0.1) is 0 Å². The van der Waals surface area contributed by atoms with Crippen LogP contribution in [0.15, 0.2) is 84.8 Å². The molecule has 2 heterocycles. The van der Waals surface area contributed by atoms with E-state index in [1.807, 2.05) is 36.4 Å². The van der Waals surface area contributed by atoms with Crippen molar-refractivity contribution < 1.29 is 22.7 Å². The zero-order chi connectivity index (χ0) is 26.7. The van der Waals surface area contributed by atoms with Gasteiger partial charge in [0.1, 0.15) is 5.75 Å². The van der Waals surface area contributed by atoms with Gasteiger partial charge in [-0.1, -0.05) is 29.8 Å². The molecule has 4 aromatic rings. The third kappa shape index (κ3) is 5.69. The van der Waals surface area contributed by atoms with E-state index in [-0.39, 0.29) is 17.7 Å². The van der Waals surface area contributed by atoms with Gasteiger partial charge in [-0.2, -0.15) is 13.2 Å². The van der Waals surface area contributed by atoms with Crippen molar-refractivity contribution in [3.8, 4) is 11.6 Å². The van der Waals surface area contributed by atoms with Gasteiger partial charge in [-0.3, -0.25) is 9.78 Å². The van der Waals surface area contributed by atoms with Crippen molar-refractivity contribution >= 4 is 27.9 Å². The monoisotopic (exact) mass is 517 g/mol. The Bertz CT molecular complexity index is 1470. The van der Waals surface area contributed by atoms with Crippen molar-refractivity contribution in [2.75, 3.05) is 5.32 Å². The number of ether oxygens (including phenoxy) is 1. The first-order chi connectivity index (χ1) is 18.3. The molecule has 0 atom stereocenters. The number of fused-ring (bicyclic) bond motifs is 1. The topological polar surface area (TPSA) is 64.1 Å². The number of nitrogens with one attached hydrogen (secondary N) is 1. The van der Waals surface area contributed by atoms with Crippen molar-refractivity contribution in [3.63, 3.8) is 0 Å². The maximum Gasteiger partial charge on any atom is 0.417 e. The first kappa shape index (κ1) is 25.4. The molecule has 5 nitrogen and oxygen atoms in total. The number of nitrogens with zero attached hydrogens (tertiary/aromatic N) is 2. The Morgan fingerprint density at radius 1 is 1.00 bits per heavy atom. The molecule has 1 aliphatic rings. The lowest BCUT2D eigenvalue weighted by Gasteiger charge is -2.25. The minimum Gasteiger partial charge on any atom is -0.438 e. The lowest BCUT2D eigenvalue weighted by Crippen LogP contribution is -2.25. The normalized spacial score (nSPS) is 15.8. The van der Waals surface area contributed by atoms with Gasteiger partial charge in [0.25, 0.3) is 0 Å². The third-order valence-electron chi connectivity index (χ3n) is 6.95. The van der Waals surface area contributed by atoms with Crippen LogP contribution in [0.1, 0.15) is 43.7 Å². The van der Waals surface area contributed by atoms with E-state index in [1.165, 1.54) is 11.6 Å². The average Bonchev–Trinajstić information content (AvgIpc) is 2.93. The first-order valence-corrected chi connectivity index (χ1v) is 12.4. The molecule has 0 spiro atoms. The highest BCUT2D eigenvalue weighted by molar-refractivity contribution is 5.93. The minimum absolute atomic E-state index is 0.0140. The van der Waals surface area contributed by atoms with Gasteiger partial charge < -0.3 is 10.1 Å². The van der Waals surface area contributed by atoms with Crippen LogP contribution in [-0.4, -0.2) is 15.9 Å². The molecular formula is C30H26F3N3O2. The van der Waals surface area contributed by atoms with Crippen LogP contribution >= 0.6 is 0 Å². The molecule has 1 fully saturated rings. The molecule has 2 aromatic heterocycles. The molecule has 0 aliphatic heterocycles. The van der Waals surface area contributed by atoms with Crippen molar-refractivity contribution in [3.05, 3.63) is 96.0 Å². The molecule has 0 unspecified atom stereocenters. The number of aromatic nitrogens is 2. The van der Waals surface area contributed by atoms with Gasteiger partial charge in [-0.25, -0.2) is 4.98 Å². The number of carbonyl (C=O) groups excluding carboxylic acids is 1. The fourth-order valence-electron chi connectivity index (χ4n) is 4.79. The zero-order valence-corrected chi connectivity index (χ0v) is 20.8. The van der Waals surface area contributed by atoms with Crippen LogP contribution in [0.2, 0.25) is 0 Å². The van der Waals surface area contributed by atoms with Crippen LogP contribution in [-0.2, 0) is 11.0 Å². The molecule has 2 aromatic carbocycles. The number of anilines is 1. The molecule has 0 saturated heterocycles. The number of hydrogen-bond acceptors (Lipinski definition) is 4. The van der Waals surface area contributed by atoms with Crippen molar-refractivity contribution in [1.29, 1.82) is 0 Å². The minimum atomic E-state index is -4.46. The summed E-state index contributed by atoms with van der Waals surface area (Å²) in [5.74, 6) is 0.564. The number of rotatable bonds is 5. The molecule has 1 amide bonds. The number of amides is 1. The number of hydrogen-bond donors (Lipinski definition) is 1. The molecule has 5 rings (SSSR count). The lowest BCUT2D eigenvalue weighted by molar-refractivity contribution is -0.137. The Labute approximate surface area is 218 Å². The van der Waals surface area contributed by atoms with E-state index in [4.69, 9.17) is 4.74 Å². The summed E-state index contributed by atoms with van der Waals surface area (Å²) in [6, 6.07) is 17.5. The lowest BCUT2D eigenvalue weighted by atomic mass is 9.82. The van der Waals surface area contributed by atoms with E-state index in [0.29, 0.717) is 11.4 Å². The third-order valence-corrected chi connectivity index (χ3v) is 6.95. The second-order valence-electron chi connectivity index (χ2n) is 9.41. The summed E-state index contributed by atoms with van der Waals surface area (Å²) in [5, 5.41) is 4.74. The fraction of sp³-hybridized carbons (Fsp3) is 0.233. The molecule has 38 heavy (non-hydrogen) atoms. The summed E-state index contributed by atoms with van der Waals surface area (Å²) in [4.78, 5) is 20.6. The van der Waals surface area contributed by atoms with Gasteiger partial charge in [0.2, 0.25) is 11.8 Å². The van der Waals surface area contributed by atoms with Gasteiger partial charge in [0, 0.05) is 29.8 Å². The second kappa shape index (κ2) is 10.7. The molecular weight excluding hydrogens is 491 g/mol. The number of allylic oxidation sites excluding steroid dienone is 2. The summed E-state index contributed by atoms with van der Waals surface area (Å²) in [6.45, 7) is 2.07. The Morgan fingerprint density at radius 3 is 2.47 bits per heavy atom. The fourth-order valence-corrected chi connectivity index (χ4v) is 4.79. The van der Waals surface area contributed by atoms with E-state index >= 15 is 0 Å². The van der Waals surface area contributed by atoms with Crippen molar-refractivity contribution in [2.24, 2.45) is 5.92 Å². The van der Waals surface area contributed by atoms with Crippen LogP contribution in [0.25, 0.3) is 16.3 Å². The number of benzene rings is 2. The summed E-state index contributed by atoms with van der Waals surface area (Å²) >= 11 is 0. The van der Waals surface area contributed by atoms with Crippen LogP contribution in [0.5, 0.6) is 11.6 Å². The zero-order valence-electron chi connectivity index (χ0n) is 20.8. The van der Waals surface area contributed by atoms with E-state index in [9.17, 15) is 18.0 Å². The quantitative estimate of drug-likeness (QED) is 0.291. The highest BCUT2D eigenvalue weighted by Crippen LogP contribution is 2.38. The SMILES string of the molecule is CC(=C1CCC(C(=O)Nc2cccnc2)CC1)c1cc(Oc2ccc(C(F)(F)F)cn2)c2ccccc2c1.